The number of carbonyl (C=O) groups is 1. The Morgan fingerprint density at radius 3 is 2.59 bits per heavy atom. The van der Waals surface area contributed by atoms with Gasteiger partial charge in [0.15, 0.2) is 0 Å². The van der Waals surface area contributed by atoms with Crippen LogP contribution in [0.5, 0.6) is 5.75 Å². The number of hydrogen-bond acceptors (Lipinski definition) is 4. The molecule has 32 heavy (non-hydrogen) atoms. The van der Waals surface area contributed by atoms with Gasteiger partial charge < -0.3 is 15.0 Å². The van der Waals surface area contributed by atoms with Crippen molar-refractivity contribution in [3.05, 3.63) is 42.0 Å². The number of rotatable bonds is 6. The second kappa shape index (κ2) is 11.2. The Kier molecular flexibility index (Phi) is 8.32. The summed E-state index contributed by atoms with van der Waals surface area (Å²) in [5.41, 5.74) is 4.69. The Balaban J connectivity index is 0.000000427. The molecule has 3 aromatic rings. The molecule has 0 radical (unpaired) electrons. The summed E-state index contributed by atoms with van der Waals surface area (Å²) in [5, 5.41) is 10.4. The highest BCUT2D eigenvalue weighted by Crippen LogP contribution is 2.34. The van der Waals surface area contributed by atoms with Gasteiger partial charge in [-0.2, -0.15) is 0 Å². The van der Waals surface area contributed by atoms with E-state index in [4.69, 9.17) is 0 Å². The maximum atomic E-state index is 11.8. The van der Waals surface area contributed by atoms with Crippen LogP contribution in [0.1, 0.15) is 64.9 Å². The van der Waals surface area contributed by atoms with E-state index < -0.39 is 0 Å². The highest BCUT2D eigenvalue weighted by atomic mass is 16.3. The zero-order chi connectivity index (χ0) is 23.1. The summed E-state index contributed by atoms with van der Waals surface area (Å²) in [6.07, 6.45) is 7.50. The van der Waals surface area contributed by atoms with Crippen LogP contribution in [-0.2, 0) is 4.79 Å². The molecule has 0 spiro atoms. The third-order valence-corrected chi connectivity index (χ3v) is 6.19. The highest BCUT2D eigenvalue weighted by molar-refractivity contribution is 5.82. The topological polar surface area (TPSA) is 69.2 Å². The Hall–Kier alpha value is -2.82. The predicted octanol–water partition coefficient (Wildman–Crippen LogP) is 6.64. The van der Waals surface area contributed by atoms with E-state index in [0.29, 0.717) is 11.4 Å². The van der Waals surface area contributed by atoms with Crippen LogP contribution in [0.4, 0.5) is 5.69 Å². The van der Waals surface area contributed by atoms with E-state index in [1.807, 2.05) is 31.2 Å². The second-order valence-electron chi connectivity index (χ2n) is 8.91. The molecule has 0 aliphatic carbocycles. The lowest BCUT2D eigenvalue weighted by Crippen LogP contribution is -2.38. The summed E-state index contributed by atoms with van der Waals surface area (Å²) >= 11 is 0. The van der Waals surface area contributed by atoms with E-state index in [-0.39, 0.29) is 17.5 Å². The number of nitrogens with one attached hydrogen (secondary N) is 1. The first-order chi connectivity index (χ1) is 15.4. The molecule has 4 rings (SSSR count). The fraction of sp³-hybridized carbons (Fsp3) is 0.481. The van der Waals surface area contributed by atoms with Crippen LogP contribution in [0, 0.1) is 12.8 Å². The number of ketones is 1. The molecular formula is C27H37N3O2. The molecule has 2 N–H and O–H groups in total. The number of fused-ring (bicyclic) bond motifs is 1. The number of aromatic hydroxyl groups is 1. The van der Waals surface area contributed by atoms with Gasteiger partial charge in [0.1, 0.15) is 17.4 Å². The molecule has 2 heterocycles. The van der Waals surface area contributed by atoms with Gasteiger partial charge in [0, 0.05) is 24.7 Å². The summed E-state index contributed by atoms with van der Waals surface area (Å²) in [6, 6.07) is 11.6. The lowest BCUT2D eigenvalue weighted by molar-refractivity contribution is -0.120. The summed E-state index contributed by atoms with van der Waals surface area (Å²) in [6.45, 7) is 9.84. The molecule has 1 unspecified atom stereocenters. The van der Waals surface area contributed by atoms with Crippen LogP contribution >= 0.6 is 0 Å². The van der Waals surface area contributed by atoms with Gasteiger partial charge in [-0.1, -0.05) is 45.6 Å². The van der Waals surface area contributed by atoms with Crippen molar-refractivity contribution in [2.45, 2.75) is 66.2 Å². The molecule has 1 saturated heterocycles. The maximum absolute atomic E-state index is 11.8. The Morgan fingerprint density at radius 1 is 1.16 bits per heavy atom. The minimum Gasteiger partial charge on any atom is -0.507 e. The van der Waals surface area contributed by atoms with Gasteiger partial charge in [-0.15, -0.1) is 0 Å². The summed E-state index contributed by atoms with van der Waals surface area (Å²) in [4.78, 5) is 21.9. The van der Waals surface area contributed by atoms with Gasteiger partial charge in [0.2, 0.25) is 0 Å². The van der Waals surface area contributed by atoms with Crippen LogP contribution in [0.2, 0.25) is 0 Å². The molecule has 172 valence electrons. The normalized spacial score (nSPS) is 16.0. The molecule has 1 fully saturated rings. The molecule has 2 aromatic carbocycles. The van der Waals surface area contributed by atoms with E-state index in [0.717, 1.165) is 48.2 Å². The number of aromatic amines is 1. The van der Waals surface area contributed by atoms with Crippen LogP contribution in [0.3, 0.4) is 0 Å². The minimum atomic E-state index is 0.0928. The van der Waals surface area contributed by atoms with Gasteiger partial charge in [0.25, 0.3) is 0 Å². The quantitative estimate of drug-likeness (QED) is 0.426. The van der Waals surface area contributed by atoms with Gasteiger partial charge in [-0.3, -0.25) is 4.79 Å². The second-order valence-corrected chi connectivity index (χ2v) is 8.91. The lowest BCUT2D eigenvalue weighted by atomic mass is 9.94. The maximum Gasteiger partial charge on any atom is 0.142 e. The van der Waals surface area contributed by atoms with Crippen molar-refractivity contribution in [1.82, 2.24) is 9.97 Å². The van der Waals surface area contributed by atoms with E-state index in [1.165, 1.54) is 25.7 Å². The van der Waals surface area contributed by atoms with E-state index in [1.54, 1.807) is 13.0 Å². The van der Waals surface area contributed by atoms with Crippen LogP contribution in [0.25, 0.3) is 22.4 Å². The number of aromatic nitrogens is 2. The summed E-state index contributed by atoms with van der Waals surface area (Å²) < 4.78 is 0. The van der Waals surface area contributed by atoms with E-state index in [9.17, 15) is 9.90 Å². The van der Waals surface area contributed by atoms with Crippen LogP contribution in [0.15, 0.2) is 36.4 Å². The largest absolute Gasteiger partial charge is 0.507 e. The standard InChI is InChI=1S/C21H23N3O2.C6H14/c1-13-5-7-18-19(10-13)23-21(22-18)17-11-16(6-8-20(17)26)24-9-3-4-15(12-24)14(2)25;1-3-5-6-4-2/h5-8,10-11,15,26H,3-4,9,12H2,1-2H3,(H,22,23);3-6H2,1-2H3. The van der Waals surface area contributed by atoms with Crippen molar-refractivity contribution in [3.8, 4) is 17.1 Å². The first kappa shape index (κ1) is 23.8. The molecule has 0 bridgehead atoms. The third kappa shape index (κ3) is 5.90. The van der Waals surface area contributed by atoms with Gasteiger partial charge in [-0.05, 0) is 62.6 Å². The number of benzene rings is 2. The molecule has 1 aliphatic heterocycles. The number of hydrogen-bond donors (Lipinski definition) is 2. The van der Waals surface area contributed by atoms with Crippen LogP contribution < -0.4 is 4.90 Å². The number of imidazole rings is 1. The number of nitrogens with zero attached hydrogens (tertiary/aromatic N) is 2. The summed E-state index contributed by atoms with van der Waals surface area (Å²) in [7, 11) is 0. The average Bonchev–Trinajstić information content (AvgIpc) is 3.21. The van der Waals surface area contributed by atoms with E-state index >= 15 is 0 Å². The number of carbonyl (C=O) groups excluding carboxylic acids is 1. The van der Waals surface area contributed by atoms with Crippen molar-refractivity contribution < 1.29 is 9.90 Å². The van der Waals surface area contributed by atoms with Crippen molar-refractivity contribution in [2.75, 3.05) is 18.0 Å². The van der Waals surface area contributed by atoms with Crippen molar-refractivity contribution in [3.63, 3.8) is 0 Å². The number of phenols is 1. The molecule has 1 aliphatic rings. The number of aryl methyl sites for hydroxylation is 1. The highest BCUT2D eigenvalue weighted by Gasteiger charge is 2.24. The first-order valence-corrected chi connectivity index (χ1v) is 12.0. The van der Waals surface area contributed by atoms with Crippen molar-refractivity contribution in [2.24, 2.45) is 5.92 Å². The van der Waals surface area contributed by atoms with Gasteiger partial charge >= 0.3 is 0 Å². The molecule has 1 aromatic heterocycles. The lowest BCUT2D eigenvalue weighted by Gasteiger charge is -2.33. The number of unbranched alkanes of at least 4 members (excludes halogenated alkanes) is 3. The molecule has 5 nitrogen and oxygen atoms in total. The minimum absolute atomic E-state index is 0.0928. The third-order valence-electron chi connectivity index (χ3n) is 6.19. The molecule has 0 amide bonds. The summed E-state index contributed by atoms with van der Waals surface area (Å²) in [5.74, 6) is 1.20. The SMILES string of the molecule is CC(=O)C1CCCN(c2ccc(O)c(-c3nc4ccc(C)cc4[nH]3)c2)C1.CCCCCC. The molecule has 1 atom stereocenters. The number of Topliss-reactive ketones (excluding diaryl/α,β-unsaturated/α-hetero) is 1. The Labute approximate surface area is 191 Å². The number of piperidine rings is 1. The fourth-order valence-corrected chi connectivity index (χ4v) is 4.20. The average molecular weight is 436 g/mol. The van der Waals surface area contributed by atoms with Gasteiger partial charge in [0.05, 0.1) is 16.6 Å². The molecule has 0 saturated carbocycles. The smallest absolute Gasteiger partial charge is 0.142 e. The van der Waals surface area contributed by atoms with E-state index in [2.05, 4.69) is 34.8 Å². The Morgan fingerprint density at radius 2 is 1.91 bits per heavy atom. The predicted molar refractivity (Wildman–Crippen MR) is 133 cm³/mol. The van der Waals surface area contributed by atoms with Crippen molar-refractivity contribution >= 4 is 22.5 Å². The molecule has 5 heteroatoms. The zero-order valence-electron chi connectivity index (χ0n) is 19.9. The fourth-order valence-electron chi connectivity index (χ4n) is 4.20. The number of anilines is 1. The number of H-pyrrole nitrogens is 1. The van der Waals surface area contributed by atoms with Gasteiger partial charge in [-0.25, -0.2) is 4.98 Å². The zero-order valence-corrected chi connectivity index (χ0v) is 19.9. The number of phenolic OH excluding ortho intramolecular Hbond substituents is 1. The molecular weight excluding hydrogens is 398 g/mol. The van der Waals surface area contributed by atoms with Crippen molar-refractivity contribution in [1.29, 1.82) is 0 Å². The van der Waals surface area contributed by atoms with Crippen LogP contribution in [-0.4, -0.2) is 33.9 Å². The Bertz CT molecular complexity index is 1040. The first-order valence-electron chi connectivity index (χ1n) is 12.0. The monoisotopic (exact) mass is 435 g/mol.